The van der Waals surface area contributed by atoms with Crippen molar-refractivity contribution in [2.75, 3.05) is 19.7 Å². The Morgan fingerprint density at radius 1 is 1.47 bits per heavy atom. The molecule has 1 saturated heterocycles. The van der Waals surface area contributed by atoms with Gasteiger partial charge in [-0.3, -0.25) is 4.90 Å². The second-order valence-corrected chi connectivity index (χ2v) is 4.02. The summed E-state index contributed by atoms with van der Waals surface area (Å²) in [5.41, 5.74) is 0. The average Bonchev–Trinajstić information content (AvgIpc) is 2.87. The van der Waals surface area contributed by atoms with Gasteiger partial charge in [0.15, 0.2) is 0 Å². The highest BCUT2D eigenvalue weighted by molar-refractivity contribution is 4.84. The molecule has 84 valence electrons. The molecule has 1 N–H and O–H groups in total. The highest BCUT2D eigenvalue weighted by Crippen LogP contribution is 2.17. The van der Waals surface area contributed by atoms with E-state index in [-0.39, 0.29) is 6.61 Å². The van der Waals surface area contributed by atoms with Gasteiger partial charge in [0.2, 0.25) is 11.8 Å². The van der Waals surface area contributed by atoms with Gasteiger partial charge in [0.05, 0.1) is 6.54 Å². The summed E-state index contributed by atoms with van der Waals surface area (Å²) in [5, 5.41) is 16.9. The first kappa shape index (κ1) is 10.6. The molecule has 0 amide bonds. The van der Waals surface area contributed by atoms with E-state index in [1.807, 2.05) is 6.92 Å². The Bertz CT molecular complexity index is 313. The van der Waals surface area contributed by atoms with Crippen LogP contribution in [0.2, 0.25) is 0 Å². The third-order valence-electron chi connectivity index (χ3n) is 2.80. The molecular weight excluding hydrogens is 194 g/mol. The van der Waals surface area contributed by atoms with Gasteiger partial charge in [-0.25, -0.2) is 0 Å². The van der Waals surface area contributed by atoms with Crippen molar-refractivity contribution in [1.82, 2.24) is 15.1 Å². The summed E-state index contributed by atoms with van der Waals surface area (Å²) in [5.74, 6) is 1.80. The second kappa shape index (κ2) is 4.72. The minimum Gasteiger partial charge on any atom is -0.424 e. The van der Waals surface area contributed by atoms with Crippen LogP contribution < -0.4 is 0 Å². The molecule has 5 nitrogen and oxygen atoms in total. The first-order valence-corrected chi connectivity index (χ1v) is 5.46. The van der Waals surface area contributed by atoms with Gasteiger partial charge in [-0.1, -0.05) is 6.92 Å². The van der Waals surface area contributed by atoms with E-state index in [1.165, 1.54) is 0 Å². The molecule has 0 radical (unpaired) electrons. The molecule has 1 aliphatic rings. The molecule has 0 saturated carbocycles. The van der Waals surface area contributed by atoms with Gasteiger partial charge in [0.25, 0.3) is 0 Å². The van der Waals surface area contributed by atoms with Crippen molar-refractivity contribution in [3.63, 3.8) is 0 Å². The lowest BCUT2D eigenvalue weighted by Crippen LogP contribution is -2.21. The summed E-state index contributed by atoms with van der Waals surface area (Å²) in [6.07, 6.45) is 1.84. The van der Waals surface area contributed by atoms with Crippen LogP contribution >= 0.6 is 0 Å². The molecule has 0 aliphatic carbocycles. The molecular formula is C10H17N3O2. The monoisotopic (exact) mass is 211 g/mol. The van der Waals surface area contributed by atoms with Crippen LogP contribution in [0, 0.1) is 5.92 Å². The van der Waals surface area contributed by atoms with Crippen molar-refractivity contribution in [2.24, 2.45) is 5.92 Å². The van der Waals surface area contributed by atoms with Crippen LogP contribution in [0.25, 0.3) is 0 Å². The fourth-order valence-corrected chi connectivity index (χ4v) is 1.89. The lowest BCUT2D eigenvalue weighted by molar-refractivity contribution is 0.214. The van der Waals surface area contributed by atoms with E-state index in [1.54, 1.807) is 0 Å². The molecule has 1 aromatic rings. The quantitative estimate of drug-likeness (QED) is 0.783. The van der Waals surface area contributed by atoms with E-state index in [0.29, 0.717) is 24.2 Å². The van der Waals surface area contributed by atoms with Crippen molar-refractivity contribution >= 4 is 0 Å². The topological polar surface area (TPSA) is 62.4 Å². The van der Waals surface area contributed by atoms with Gasteiger partial charge < -0.3 is 9.52 Å². The largest absolute Gasteiger partial charge is 0.424 e. The van der Waals surface area contributed by atoms with Crippen molar-refractivity contribution in [2.45, 2.75) is 26.3 Å². The van der Waals surface area contributed by atoms with Gasteiger partial charge in [0, 0.05) is 19.6 Å². The number of aliphatic hydroxyl groups is 1. The van der Waals surface area contributed by atoms with Gasteiger partial charge in [-0.05, 0) is 18.9 Å². The molecule has 0 spiro atoms. The molecule has 1 aliphatic heterocycles. The Hall–Kier alpha value is -0.940. The van der Waals surface area contributed by atoms with E-state index in [2.05, 4.69) is 15.1 Å². The molecule has 1 aromatic heterocycles. The lowest BCUT2D eigenvalue weighted by atomic mass is 10.1. The van der Waals surface area contributed by atoms with Crippen LogP contribution in [-0.2, 0) is 13.0 Å². The minimum atomic E-state index is 0.278. The zero-order chi connectivity index (χ0) is 10.7. The number of rotatable bonds is 4. The second-order valence-electron chi connectivity index (χ2n) is 4.02. The summed E-state index contributed by atoms with van der Waals surface area (Å²) in [6.45, 7) is 4.92. The van der Waals surface area contributed by atoms with E-state index in [0.717, 1.165) is 25.9 Å². The molecule has 2 rings (SSSR count). The van der Waals surface area contributed by atoms with E-state index < -0.39 is 0 Å². The highest BCUT2D eigenvalue weighted by Gasteiger charge is 2.23. The van der Waals surface area contributed by atoms with Gasteiger partial charge in [0.1, 0.15) is 0 Å². The predicted octanol–water partition coefficient (Wildman–Crippen LogP) is 0.446. The molecule has 2 heterocycles. The van der Waals surface area contributed by atoms with Crippen LogP contribution in [0.15, 0.2) is 4.42 Å². The third kappa shape index (κ3) is 2.54. The van der Waals surface area contributed by atoms with Crippen molar-refractivity contribution in [1.29, 1.82) is 0 Å². The van der Waals surface area contributed by atoms with Gasteiger partial charge in [-0.15, -0.1) is 10.2 Å². The maximum atomic E-state index is 9.01. The van der Waals surface area contributed by atoms with Crippen LogP contribution in [0.3, 0.4) is 0 Å². The van der Waals surface area contributed by atoms with E-state index in [9.17, 15) is 0 Å². The first-order valence-electron chi connectivity index (χ1n) is 5.46. The van der Waals surface area contributed by atoms with Crippen LogP contribution in [-0.4, -0.2) is 39.9 Å². The predicted molar refractivity (Wildman–Crippen MR) is 54.1 cm³/mol. The summed E-state index contributed by atoms with van der Waals surface area (Å²) < 4.78 is 5.44. The zero-order valence-corrected chi connectivity index (χ0v) is 9.02. The summed E-state index contributed by atoms with van der Waals surface area (Å²) >= 11 is 0. The highest BCUT2D eigenvalue weighted by atomic mass is 16.4. The Morgan fingerprint density at radius 3 is 2.87 bits per heavy atom. The number of hydrogen-bond donors (Lipinski definition) is 1. The molecule has 0 bridgehead atoms. The maximum Gasteiger partial charge on any atom is 0.230 e. The number of nitrogens with zero attached hydrogens (tertiary/aromatic N) is 3. The summed E-state index contributed by atoms with van der Waals surface area (Å²) in [6, 6.07) is 0. The normalized spacial score (nSPS) is 22.4. The smallest absolute Gasteiger partial charge is 0.230 e. The number of aryl methyl sites for hydroxylation is 1. The summed E-state index contributed by atoms with van der Waals surface area (Å²) in [4.78, 5) is 2.24. The first-order chi connectivity index (χ1) is 7.31. The average molecular weight is 211 g/mol. The number of likely N-dealkylation sites (tertiary alicyclic amines) is 1. The Labute approximate surface area is 89.1 Å². The number of hydrogen-bond acceptors (Lipinski definition) is 5. The van der Waals surface area contributed by atoms with Crippen molar-refractivity contribution < 1.29 is 9.52 Å². The molecule has 1 unspecified atom stereocenters. The standard InChI is InChI=1S/C10H17N3O2/c1-2-9-11-12-10(15-9)6-13-4-3-8(5-13)7-14/h8,14H,2-7H2,1H3. The fourth-order valence-electron chi connectivity index (χ4n) is 1.89. The Morgan fingerprint density at radius 2 is 2.27 bits per heavy atom. The zero-order valence-electron chi connectivity index (χ0n) is 9.02. The van der Waals surface area contributed by atoms with Gasteiger partial charge in [-0.2, -0.15) is 0 Å². The number of aromatic nitrogens is 2. The van der Waals surface area contributed by atoms with Crippen LogP contribution in [0.4, 0.5) is 0 Å². The molecule has 15 heavy (non-hydrogen) atoms. The Kier molecular flexibility index (Phi) is 3.33. The molecule has 1 fully saturated rings. The molecule has 5 heteroatoms. The van der Waals surface area contributed by atoms with Crippen LogP contribution in [0.1, 0.15) is 25.1 Å². The van der Waals surface area contributed by atoms with Gasteiger partial charge >= 0.3 is 0 Å². The minimum absolute atomic E-state index is 0.278. The SMILES string of the molecule is CCc1nnc(CN2CCC(CO)C2)o1. The number of aliphatic hydroxyl groups excluding tert-OH is 1. The van der Waals surface area contributed by atoms with Crippen molar-refractivity contribution in [3.8, 4) is 0 Å². The lowest BCUT2D eigenvalue weighted by Gasteiger charge is -2.11. The fraction of sp³-hybridized carbons (Fsp3) is 0.800. The van der Waals surface area contributed by atoms with Crippen LogP contribution in [0.5, 0.6) is 0 Å². The van der Waals surface area contributed by atoms with Crippen molar-refractivity contribution in [3.05, 3.63) is 11.8 Å². The van der Waals surface area contributed by atoms with E-state index in [4.69, 9.17) is 9.52 Å². The maximum absolute atomic E-state index is 9.01. The molecule has 1 atom stereocenters. The van der Waals surface area contributed by atoms with E-state index >= 15 is 0 Å². The Balaban J connectivity index is 1.87. The molecule has 0 aromatic carbocycles. The third-order valence-corrected chi connectivity index (χ3v) is 2.80. The summed E-state index contributed by atoms with van der Waals surface area (Å²) in [7, 11) is 0.